The van der Waals surface area contributed by atoms with Gasteiger partial charge in [0.15, 0.2) is 0 Å². The van der Waals surface area contributed by atoms with Crippen LogP contribution in [0, 0.1) is 5.41 Å². The van der Waals surface area contributed by atoms with Gasteiger partial charge < -0.3 is 15.3 Å². The summed E-state index contributed by atoms with van der Waals surface area (Å²) in [6.45, 7) is 4.64. The predicted octanol–water partition coefficient (Wildman–Crippen LogP) is 1.04. The molecule has 0 spiro atoms. The maximum atomic E-state index is 12.1. The monoisotopic (exact) mass is 304 g/mol. The van der Waals surface area contributed by atoms with Gasteiger partial charge in [-0.25, -0.2) is 9.59 Å². The Morgan fingerprint density at radius 3 is 2.65 bits per heavy atom. The second-order valence-electron chi connectivity index (χ2n) is 5.89. The van der Waals surface area contributed by atoms with E-state index in [2.05, 4.69) is 5.32 Å². The fourth-order valence-electron chi connectivity index (χ4n) is 2.65. The molecule has 116 valence electrons. The summed E-state index contributed by atoms with van der Waals surface area (Å²) in [6.07, 6.45) is 3.85. The van der Waals surface area contributed by atoms with Crippen LogP contribution < -0.4 is 5.32 Å². The highest BCUT2D eigenvalue weighted by atomic mass is 32.2. The van der Waals surface area contributed by atoms with Crippen LogP contribution in [-0.4, -0.2) is 57.4 Å². The highest BCUT2D eigenvalue weighted by Crippen LogP contribution is 2.35. The number of carboxylic acids is 1. The van der Waals surface area contributed by atoms with Crippen molar-refractivity contribution in [1.82, 2.24) is 10.2 Å². The zero-order valence-electron chi connectivity index (χ0n) is 12.3. The number of carbonyl (C=O) groups excluding carboxylic acids is 1. The van der Waals surface area contributed by atoms with E-state index < -0.39 is 28.2 Å². The van der Waals surface area contributed by atoms with Gasteiger partial charge in [-0.3, -0.25) is 4.21 Å². The molecule has 2 unspecified atom stereocenters. The normalized spacial score (nSPS) is 23.1. The summed E-state index contributed by atoms with van der Waals surface area (Å²) >= 11 is 0. The molecule has 0 aromatic heterocycles. The predicted molar refractivity (Wildman–Crippen MR) is 78.1 cm³/mol. The molecule has 0 aromatic carbocycles. The van der Waals surface area contributed by atoms with Crippen LogP contribution in [0.5, 0.6) is 0 Å². The standard InChI is InChI=1S/C13H24N2O4S/c1-13(2)6-4-8-15(10(13)11(16)17)12(18)14-7-5-9-20(3)19/h10H,4-9H2,1-3H3,(H,14,18)(H,16,17). The first-order chi connectivity index (χ1) is 9.25. The molecule has 0 aliphatic carbocycles. The van der Waals surface area contributed by atoms with Crippen LogP contribution in [0.4, 0.5) is 4.79 Å². The smallest absolute Gasteiger partial charge is 0.327 e. The Kier molecular flexibility index (Phi) is 5.98. The van der Waals surface area contributed by atoms with E-state index in [1.54, 1.807) is 6.26 Å². The molecule has 6 nitrogen and oxygen atoms in total. The Balaban J connectivity index is 2.60. The van der Waals surface area contributed by atoms with Crippen LogP contribution in [0.1, 0.15) is 33.1 Å². The molecule has 0 bridgehead atoms. The summed E-state index contributed by atoms with van der Waals surface area (Å²) in [4.78, 5) is 25.0. The lowest BCUT2D eigenvalue weighted by Gasteiger charge is -2.43. The van der Waals surface area contributed by atoms with E-state index in [0.717, 1.165) is 12.8 Å². The van der Waals surface area contributed by atoms with Gasteiger partial charge >= 0.3 is 12.0 Å². The number of rotatable bonds is 5. The molecule has 20 heavy (non-hydrogen) atoms. The van der Waals surface area contributed by atoms with Crippen molar-refractivity contribution in [3.8, 4) is 0 Å². The maximum Gasteiger partial charge on any atom is 0.327 e. The molecule has 1 heterocycles. The number of hydrogen-bond acceptors (Lipinski definition) is 3. The first-order valence-electron chi connectivity index (χ1n) is 6.83. The number of aliphatic carboxylic acids is 1. The highest BCUT2D eigenvalue weighted by Gasteiger charge is 2.44. The molecule has 0 aromatic rings. The van der Waals surface area contributed by atoms with Crippen LogP contribution in [-0.2, 0) is 15.6 Å². The molecular weight excluding hydrogens is 280 g/mol. The summed E-state index contributed by atoms with van der Waals surface area (Å²) in [7, 11) is -0.871. The van der Waals surface area contributed by atoms with E-state index in [0.29, 0.717) is 25.3 Å². The Bertz CT molecular complexity index is 398. The van der Waals surface area contributed by atoms with Gasteiger partial charge in [0.1, 0.15) is 6.04 Å². The Morgan fingerprint density at radius 1 is 1.45 bits per heavy atom. The number of urea groups is 1. The SMILES string of the molecule is CS(=O)CCCNC(=O)N1CCCC(C)(C)C1C(=O)O. The summed E-state index contributed by atoms with van der Waals surface area (Å²) in [5, 5.41) is 12.1. The van der Waals surface area contributed by atoms with Crippen molar-refractivity contribution in [3.05, 3.63) is 0 Å². The van der Waals surface area contributed by atoms with Gasteiger partial charge in [-0.2, -0.15) is 0 Å². The lowest BCUT2D eigenvalue weighted by molar-refractivity contribution is -0.148. The van der Waals surface area contributed by atoms with E-state index in [9.17, 15) is 18.9 Å². The van der Waals surface area contributed by atoms with Gasteiger partial charge in [0, 0.05) is 35.9 Å². The van der Waals surface area contributed by atoms with Crippen molar-refractivity contribution in [3.63, 3.8) is 0 Å². The first-order valence-corrected chi connectivity index (χ1v) is 8.56. The van der Waals surface area contributed by atoms with Crippen molar-refractivity contribution < 1.29 is 18.9 Å². The Hall–Kier alpha value is -1.11. The van der Waals surface area contributed by atoms with E-state index in [4.69, 9.17) is 0 Å². The summed E-state index contributed by atoms with van der Waals surface area (Å²) < 4.78 is 10.9. The van der Waals surface area contributed by atoms with Gasteiger partial charge in [0.2, 0.25) is 0 Å². The summed E-state index contributed by atoms with van der Waals surface area (Å²) in [5.41, 5.74) is -0.424. The quantitative estimate of drug-likeness (QED) is 0.743. The molecule has 1 rings (SSSR count). The third-order valence-electron chi connectivity index (χ3n) is 3.65. The third kappa shape index (κ3) is 4.47. The minimum absolute atomic E-state index is 0.341. The number of piperidine rings is 1. The van der Waals surface area contributed by atoms with E-state index in [-0.39, 0.29) is 6.03 Å². The fraction of sp³-hybridized carbons (Fsp3) is 0.846. The molecule has 1 saturated heterocycles. The van der Waals surface area contributed by atoms with Crippen molar-refractivity contribution in [2.24, 2.45) is 5.41 Å². The van der Waals surface area contributed by atoms with Gasteiger partial charge in [-0.15, -0.1) is 0 Å². The lowest BCUT2D eigenvalue weighted by atomic mass is 9.76. The molecular formula is C13H24N2O4S. The topological polar surface area (TPSA) is 86.7 Å². The number of hydrogen-bond donors (Lipinski definition) is 2. The van der Waals surface area contributed by atoms with Gasteiger partial charge in [0.05, 0.1) is 0 Å². The van der Waals surface area contributed by atoms with Crippen molar-refractivity contribution in [1.29, 1.82) is 0 Å². The van der Waals surface area contributed by atoms with Crippen LogP contribution in [0.15, 0.2) is 0 Å². The number of amides is 2. The molecule has 0 saturated carbocycles. The van der Waals surface area contributed by atoms with Crippen LogP contribution in [0.25, 0.3) is 0 Å². The third-order valence-corrected chi connectivity index (χ3v) is 4.52. The van der Waals surface area contributed by atoms with Crippen LogP contribution in [0.3, 0.4) is 0 Å². The number of nitrogens with zero attached hydrogens (tertiary/aromatic N) is 1. The fourth-order valence-corrected chi connectivity index (χ4v) is 3.20. The molecule has 2 N–H and O–H groups in total. The molecule has 1 aliphatic rings. The average Bonchev–Trinajstić information content (AvgIpc) is 2.32. The molecule has 2 atom stereocenters. The molecule has 1 aliphatic heterocycles. The number of carboxylic acid groups (broad SMARTS) is 1. The minimum Gasteiger partial charge on any atom is -0.480 e. The van der Waals surface area contributed by atoms with Gasteiger partial charge in [0.25, 0.3) is 0 Å². The van der Waals surface area contributed by atoms with E-state index >= 15 is 0 Å². The number of likely N-dealkylation sites (tertiary alicyclic amines) is 1. The Morgan fingerprint density at radius 2 is 2.10 bits per heavy atom. The summed E-state index contributed by atoms with van der Waals surface area (Å²) in [6, 6.07) is -1.14. The van der Waals surface area contributed by atoms with Crippen LogP contribution >= 0.6 is 0 Å². The molecule has 2 amide bonds. The second kappa shape index (κ2) is 7.06. The van der Waals surface area contributed by atoms with Gasteiger partial charge in [-0.1, -0.05) is 13.8 Å². The molecule has 0 radical (unpaired) electrons. The Labute approximate surface area is 122 Å². The average molecular weight is 304 g/mol. The number of nitrogens with one attached hydrogen (secondary N) is 1. The van der Waals surface area contributed by atoms with Gasteiger partial charge in [-0.05, 0) is 24.7 Å². The van der Waals surface area contributed by atoms with Crippen LogP contribution in [0.2, 0.25) is 0 Å². The second-order valence-corrected chi connectivity index (χ2v) is 7.44. The zero-order valence-corrected chi connectivity index (χ0v) is 13.2. The minimum atomic E-state index is -0.959. The molecule has 7 heteroatoms. The lowest BCUT2D eigenvalue weighted by Crippen LogP contribution is -2.58. The number of carbonyl (C=O) groups is 2. The maximum absolute atomic E-state index is 12.1. The van der Waals surface area contributed by atoms with E-state index in [1.165, 1.54) is 4.90 Å². The van der Waals surface area contributed by atoms with Crippen molar-refractivity contribution in [2.75, 3.05) is 25.1 Å². The molecule has 1 fully saturated rings. The van der Waals surface area contributed by atoms with E-state index in [1.807, 2.05) is 13.8 Å². The highest BCUT2D eigenvalue weighted by molar-refractivity contribution is 7.84. The van der Waals surface area contributed by atoms with Crippen molar-refractivity contribution >= 4 is 22.8 Å². The first kappa shape index (κ1) is 16.9. The zero-order chi connectivity index (χ0) is 15.3. The summed E-state index contributed by atoms with van der Waals surface area (Å²) in [5.74, 6) is -0.423. The largest absolute Gasteiger partial charge is 0.480 e. The van der Waals surface area contributed by atoms with Crippen molar-refractivity contribution in [2.45, 2.75) is 39.2 Å².